The second kappa shape index (κ2) is 6.95. The summed E-state index contributed by atoms with van der Waals surface area (Å²) in [7, 11) is 1.74. The molecule has 4 rings (SSSR count). The zero-order chi connectivity index (χ0) is 20.2. The normalized spacial score (nSPS) is 30.2. The first-order chi connectivity index (χ1) is 13.3. The molecule has 0 spiro atoms. The maximum atomic E-state index is 6.66. The molecule has 2 aliphatic carbocycles. The van der Waals surface area contributed by atoms with Crippen molar-refractivity contribution in [1.82, 2.24) is 5.32 Å². The summed E-state index contributed by atoms with van der Waals surface area (Å²) >= 11 is 0. The monoisotopic (exact) mass is 381 g/mol. The molecule has 4 atom stereocenters. The molecule has 0 amide bonds. The first-order valence-corrected chi connectivity index (χ1v) is 10.8. The van der Waals surface area contributed by atoms with Gasteiger partial charge < -0.3 is 14.8 Å². The molecule has 0 radical (unpaired) electrons. The Hall–Kier alpha value is -1.74. The van der Waals surface area contributed by atoms with Gasteiger partial charge in [-0.25, -0.2) is 0 Å². The van der Waals surface area contributed by atoms with Gasteiger partial charge in [-0.1, -0.05) is 39.5 Å². The molecule has 3 nitrogen and oxygen atoms in total. The molecule has 1 heterocycles. The van der Waals surface area contributed by atoms with Crippen molar-refractivity contribution < 1.29 is 9.47 Å². The van der Waals surface area contributed by atoms with Gasteiger partial charge in [-0.05, 0) is 73.8 Å². The van der Waals surface area contributed by atoms with E-state index in [0.717, 1.165) is 42.9 Å². The van der Waals surface area contributed by atoms with Gasteiger partial charge in [0.05, 0.1) is 7.11 Å². The summed E-state index contributed by atoms with van der Waals surface area (Å²) in [5.41, 5.74) is 6.38. The SMILES string of the molecule is C=C(C)c1cc(OC)c2c3c1CC(NCC(C)C)C1CCC(=C)C(O2)[C@@]31CC. The summed E-state index contributed by atoms with van der Waals surface area (Å²) in [6.07, 6.45) is 4.39. The summed E-state index contributed by atoms with van der Waals surface area (Å²) in [6.45, 7) is 18.8. The molecule has 1 N–H and O–H groups in total. The molecular weight excluding hydrogens is 346 g/mol. The Morgan fingerprint density at radius 3 is 2.79 bits per heavy atom. The third-order valence-electron chi connectivity index (χ3n) is 7.29. The highest BCUT2D eigenvalue weighted by Crippen LogP contribution is 2.63. The van der Waals surface area contributed by atoms with E-state index in [4.69, 9.17) is 9.47 Å². The maximum Gasteiger partial charge on any atom is 0.166 e. The van der Waals surface area contributed by atoms with E-state index >= 15 is 0 Å². The lowest BCUT2D eigenvalue weighted by atomic mass is 9.52. The minimum atomic E-state index is -0.00830. The van der Waals surface area contributed by atoms with E-state index in [1.165, 1.54) is 28.7 Å². The number of methoxy groups -OCH3 is 1. The van der Waals surface area contributed by atoms with E-state index in [0.29, 0.717) is 17.9 Å². The molecule has 0 aromatic heterocycles. The van der Waals surface area contributed by atoms with Gasteiger partial charge >= 0.3 is 0 Å². The molecule has 0 bridgehead atoms. The van der Waals surface area contributed by atoms with Gasteiger partial charge in [0.2, 0.25) is 0 Å². The summed E-state index contributed by atoms with van der Waals surface area (Å²) in [6, 6.07) is 2.60. The second-order valence-electron chi connectivity index (χ2n) is 9.40. The number of hydrogen-bond donors (Lipinski definition) is 1. The summed E-state index contributed by atoms with van der Waals surface area (Å²) in [5, 5.41) is 3.93. The molecule has 1 aliphatic heterocycles. The van der Waals surface area contributed by atoms with Crippen LogP contribution in [0.1, 0.15) is 63.6 Å². The Labute approximate surface area is 170 Å². The molecule has 1 fully saturated rings. The minimum Gasteiger partial charge on any atom is -0.493 e. The van der Waals surface area contributed by atoms with Crippen molar-refractivity contribution in [2.45, 2.75) is 70.9 Å². The van der Waals surface area contributed by atoms with Crippen molar-refractivity contribution in [3.05, 3.63) is 41.5 Å². The largest absolute Gasteiger partial charge is 0.493 e. The number of allylic oxidation sites excluding steroid dienone is 1. The Balaban J connectivity index is 1.96. The van der Waals surface area contributed by atoms with Gasteiger partial charge in [0.25, 0.3) is 0 Å². The van der Waals surface area contributed by atoms with Gasteiger partial charge in [-0.3, -0.25) is 0 Å². The lowest BCUT2D eigenvalue weighted by molar-refractivity contribution is 0.0594. The summed E-state index contributed by atoms with van der Waals surface area (Å²) < 4.78 is 12.4. The van der Waals surface area contributed by atoms with E-state index in [-0.39, 0.29) is 11.5 Å². The van der Waals surface area contributed by atoms with Crippen molar-refractivity contribution in [3.8, 4) is 11.5 Å². The lowest BCUT2D eigenvalue weighted by Crippen LogP contribution is -2.59. The Bertz CT molecular complexity index is 824. The predicted molar refractivity (Wildman–Crippen MR) is 116 cm³/mol. The zero-order valence-electron chi connectivity index (χ0n) is 18.2. The third-order valence-corrected chi connectivity index (χ3v) is 7.29. The maximum absolute atomic E-state index is 6.66. The van der Waals surface area contributed by atoms with Crippen LogP contribution in [-0.2, 0) is 11.8 Å². The van der Waals surface area contributed by atoms with E-state index in [1.807, 2.05) is 0 Å². The van der Waals surface area contributed by atoms with E-state index in [1.54, 1.807) is 7.11 Å². The number of nitrogens with one attached hydrogen (secondary N) is 1. The fraction of sp³-hybridized carbons (Fsp3) is 0.600. The zero-order valence-corrected chi connectivity index (χ0v) is 18.2. The van der Waals surface area contributed by atoms with Crippen LogP contribution in [0.15, 0.2) is 24.8 Å². The van der Waals surface area contributed by atoms with Crippen molar-refractivity contribution in [2.75, 3.05) is 13.7 Å². The fourth-order valence-electron chi connectivity index (χ4n) is 6.09. The molecule has 1 aromatic rings. The quantitative estimate of drug-likeness (QED) is 0.681. The van der Waals surface area contributed by atoms with Gasteiger partial charge in [0, 0.05) is 17.0 Å². The van der Waals surface area contributed by atoms with Crippen LogP contribution in [0.2, 0.25) is 0 Å². The van der Waals surface area contributed by atoms with Crippen molar-refractivity contribution in [3.63, 3.8) is 0 Å². The van der Waals surface area contributed by atoms with Crippen LogP contribution in [0.3, 0.4) is 0 Å². The first kappa shape index (κ1) is 19.6. The number of rotatable bonds is 6. The summed E-state index contributed by atoms with van der Waals surface area (Å²) in [5.74, 6) is 3.01. The van der Waals surface area contributed by atoms with Gasteiger partial charge in [0.15, 0.2) is 11.5 Å². The average Bonchev–Trinajstić information content (AvgIpc) is 3.03. The Morgan fingerprint density at radius 2 is 2.18 bits per heavy atom. The van der Waals surface area contributed by atoms with Crippen molar-refractivity contribution in [2.24, 2.45) is 11.8 Å². The molecule has 0 saturated heterocycles. The Kier molecular flexibility index (Phi) is 4.86. The van der Waals surface area contributed by atoms with Gasteiger partial charge in [0.1, 0.15) is 6.10 Å². The lowest BCUT2D eigenvalue weighted by Gasteiger charge is -2.52. The van der Waals surface area contributed by atoms with Crippen LogP contribution in [-0.4, -0.2) is 25.8 Å². The standard InChI is InChI=1S/C25H35NO2/c1-8-25-19-10-9-16(6)24(25)28-23-21(27-7)12-17(15(4)5)18(22(23)25)11-20(19)26-13-14(2)3/h12,14,19-20,24,26H,4,6,8-11,13H2,1-3,5,7H3/t19?,20?,24?,25-/m1/s1. The smallest absolute Gasteiger partial charge is 0.166 e. The first-order valence-electron chi connectivity index (χ1n) is 10.8. The highest BCUT2D eigenvalue weighted by molar-refractivity contribution is 5.74. The molecular formula is C25H35NO2. The predicted octanol–water partition coefficient (Wildman–Crippen LogP) is 5.27. The second-order valence-corrected chi connectivity index (χ2v) is 9.40. The fourth-order valence-corrected chi connectivity index (χ4v) is 6.09. The molecule has 3 heteroatoms. The van der Waals surface area contributed by atoms with E-state index < -0.39 is 0 Å². The third kappa shape index (κ3) is 2.58. The number of hydrogen-bond acceptors (Lipinski definition) is 3. The Morgan fingerprint density at radius 1 is 1.43 bits per heavy atom. The molecule has 1 aromatic carbocycles. The molecule has 3 unspecified atom stereocenters. The van der Waals surface area contributed by atoms with E-state index in [2.05, 4.69) is 52.2 Å². The van der Waals surface area contributed by atoms with Crippen molar-refractivity contribution >= 4 is 5.57 Å². The van der Waals surface area contributed by atoms with Crippen LogP contribution in [0.5, 0.6) is 11.5 Å². The minimum absolute atomic E-state index is 0.00830. The van der Waals surface area contributed by atoms with Crippen molar-refractivity contribution in [1.29, 1.82) is 0 Å². The molecule has 1 saturated carbocycles. The summed E-state index contributed by atoms with van der Waals surface area (Å²) in [4.78, 5) is 0. The molecule has 28 heavy (non-hydrogen) atoms. The molecule has 152 valence electrons. The number of ether oxygens (including phenoxy) is 2. The highest BCUT2D eigenvalue weighted by atomic mass is 16.5. The van der Waals surface area contributed by atoms with Crippen LogP contribution < -0.4 is 14.8 Å². The van der Waals surface area contributed by atoms with Gasteiger partial charge in [-0.15, -0.1) is 0 Å². The van der Waals surface area contributed by atoms with Crippen LogP contribution in [0.25, 0.3) is 5.57 Å². The van der Waals surface area contributed by atoms with Gasteiger partial charge in [-0.2, -0.15) is 0 Å². The highest BCUT2D eigenvalue weighted by Gasteiger charge is 2.61. The number of benzene rings is 1. The van der Waals surface area contributed by atoms with Crippen LogP contribution in [0.4, 0.5) is 0 Å². The van der Waals surface area contributed by atoms with Crippen LogP contribution in [0, 0.1) is 11.8 Å². The van der Waals surface area contributed by atoms with Crippen LogP contribution >= 0.6 is 0 Å². The molecule has 3 aliphatic rings. The topological polar surface area (TPSA) is 30.5 Å². The van der Waals surface area contributed by atoms with E-state index in [9.17, 15) is 0 Å². The average molecular weight is 382 g/mol.